The fraction of sp³-hybridized carbons (Fsp3) is 0.422. The van der Waals surface area contributed by atoms with E-state index < -0.39 is 72.1 Å². The first-order chi connectivity index (χ1) is 28.7. The zero-order valence-electron chi connectivity index (χ0n) is 34.6. The molecule has 1 aliphatic heterocycles. The van der Waals surface area contributed by atoms with Crippen LogP contribution >= 0.6 is 0 Å². The first-order valence-electron chi connectivity index (χ1n) is 20.5. The number of nitrogens with one attached hydrogen (secondary N) is 5. The topological polar surface area (TPSA) is 236 Å². The summed E-state index contributed by atoms with van der Waals surface area (Å²) in [7, 11) is 0. The predicted octanol–water partition coefficient (Wildman–Crippen LogP) is 2.93. The fourth-order valence-corrected chi connectivity index (χ4v) is 7.53. The minimum atomic E-state index is -1.25. The zero-order valence-corrected chi connectivity index (χ0v) is 34.6. The van der Waals surface area contributed by atoms with Crippen LogP contribution in [0.15, 0.2) is 78.9 Å². The van der Waals surface area contributed by atoms with Crippen molar-refractivity contribution in [2.75, 3.05) is 13.1 Å². The third-order valence-corrected chi connectivity index (χ3v) is 11.3. The van der Waals surface area contributed by atoms with E-state index in [9.17, 15) is 39.0 Å². The number of hydrogen-bond donors (Lipinski definition) is 8. The molecule has 0 saturated heterocycles. The largest absolute Gasteiger partial charge is 0.508 e. The van der Waals surface area contributed by atoms with E-state index in [1.54, 1.807) is 49.4 Å². The Morgan fingerprint density at radius 3 is 2.18 bits per heavy atom. The molecule has 5 amide bonds. The number of carbonyl (C=O) groups is 6. The maximum absolute atomic E-state index is 14.4. The molecular weight excluding hydrogens is 767 g/mol. The second-order valence-electron chi connectivity index (χ2n) is 16.0. The van der Waals surface area contributed by atoms with Gasteiger partial charge < -0.3 is 47.1 Å². The number of H-pyrrole nitrogens is 1. The van der Waals surface area contributed by atoms with E-state index >= 15 is 0 Å². The second kappa shape index (κ2) is 20.7. The number of aromatic amines is 1. The van der Waals surface area contributed by atoms with E-state index in [4.69, 9.17) is 5.73 Å². The van der Waals surface area contributed by atoms with Crippen molar-refractivity contribution in [3.8, 4) is 5.75 Å². The molecule has 5 rings (SSSR count). The standard InChI is InChI=1S/C45H57N7O8/c1-5-27(4)40(51-42(56)35(49-41(55)33(23-46)26(2)3)20-17-28-15-18-30(53)19-16-28)43(57)50-36-22-32-31-13-9-10-14-34(31)47-38(32)24-52(44(36)58)25-39(54)48-37(45(59)60)21-29-11-7-6-8-12-29/h6-16,18-19,26-27,33,35-37,40,47,53H,5,17,20-25,46H2,1-4H3,(H,48,54)(H,49,55)(H,50,57)(H,51,56)(H,59,60)/t27-,33-,35-,36-,37-,40-/m0/s1. The lowest BCUT2D eigenvalue weighted by atomic mass is 9.93. The number of nitrogens with zero attached hydrogens (tertiary/aromatic N) is 1. The Bertz CT molecular complexity index is 2140. The molecule has 15 nitrogen and oxygen atoms in total. The number of aromatic nitrogens is 1. The number of carbonyl (C=O) groups excluding carboxylic acids is 5. The lowest BCUT2D eigenvalue weighted by Gasteiger charge is -2.30. The van der Waals surface area contributed by atoms with Crippen molar-refractivity contribution < 1.29 is 39.0 Å². The van der Waals surface area contributed by atoms with Crippen molar-refractivity contribution in [1.82, 2.24) is 31.2 Å². The number of fused-ring (bicyclic) bond motifs is 3. The summed E-state index contributed by atoms with van der Waals surface area (Å²) in [4.78, 5) is 86.6. The highest BCUT2D eigenvalue weighted by Crippen LogP contribution is 2.28. The molecule has 60 heavy (non-hydrogen) atoms. The molecule has 0 unspecified atom stereocenters. The highest BCUT2D eigenvalue weighted by atomic mass is 16.4. The smallest absolute Gasteiger partial charge is 0.326 e. The number of aromatic hydroxyl groups is 1. The number of aryl methyl sites for hydroxylation is 1. The van der Waals surface area contributed by atoms with E-state index in [0.717, 1.165) is 22.0 Å². The molecule has 6 atom stereocenters. The Morgan fingerprint density at radius 1 is 0.850 bits per heavy atom. The minimum Gasteiger partial charge on any atom is -0.508 e. The number of rotatable bonds is 19. The summed E-state index contributed by atoms with van der Waals surface area (Å²) in [5.41, 5.74) is 9.72. The lowest BCUT2D eigenvalue weighted by Crippen LogP contribution is -2.59. The highest BCUT2D eigenvalue weighted by molar-refractivity contribution is 5.97. The van der Waals surface area contributed by atoms with E-state index in [-0.39, 0.29) is 49.9 Å². The molecule has 0 saturated carbocycles. The van der Waals surface area contributed by atoms with Gasteiger partial charge in [0.25, 0.3) is 0 Å². The molecule has 9 N–H and O–H groups in total. The van der Waals surface area contributed by atoms with Crippen LogP contribution in [-0.2, 0) is 54.6 Å². The van der Waals surface area contributed by atoms with Crippen LogP contribution in [0.4, 0.5) is 0 Å². The second-order valence-corrected chi connectivity index (χ2v) is 16.0. The van der Waals surface area contributed by atoms with Crippen LogP contribution in [-0.4, -0.2) is 92.9 Å². The monoisotopic (exact) mass is 823 g/mol. The van der Waals surface area contributed by atoms with Crippen LogP contribution in [0.25, 0.3) is 10.9 Å². The number of carboxylic acid groups (broad SMARTS) is 1. The van der Waals surface area contributed by atoms with Crippen molar-refractivity contribution in [1.29, 1.82) is 0 Å². The highest BCUT2D eigenvalue weighted by Gasteiger charge is 2.38. The van der Waals surface area contributed by atoms with Gasteiger partial charge in [-0.15, -0.1) is 0 Å². The number of phenols is 1. The molecule has 0 bridgehead atoms. The van der Waals surface area contributed by atoms with Crippen molar-refractivity contribution >= 4 is 46.4 Å². The van der Waals surface area contributed by atoms with Crippen molar-refractivity contribution in [2.24, 2.45) is 23.5 Å². The number of carboxylic acids is 1. The third kappa shape index (κ3) is 11.5. The minimum absolute atomic E-state index is 0.00678. The number of nitrogens with two attached hydrogens (primary N) is 1. The number of amides is 5. The van der Waals surface area contributed by atoms with Crippen LogP contribution in [0.2, 0.25) is 0 Å². The van der Waals surface area contributed by atoms with Crippen LogP contribution in [0, 0.1) is 17.8 Å². The quantitative estimate of drug-likeness (QED) is 0.0693. The molecule has 4 aromatic rings. The molecule has 3 aromatic carbocycles. The molecule has 2 heterocycles. The van der Waals surface area contributed by atoms with E-state index in [0.29, 0.717) is 24.1 Å². The summed E-state index contributed by atoms with van der Waals surface area (Å²) in [6.07, 6.45) is 1.16. The SMILES string of the molecule is CC[C@H](C)[C@H](NC(=O)[C@H](CCc1ccc(O)cc1)NC(=O)[C@@H](CN)C(C)C)C(=O)N[C@H]1Cc2c([nH]c3ccccc23)CN(CC(=O)N[C@@H](Cc2ccccc2)C(=O)O)C1=O. The van der Waals surface area contributed by atoms with Gasteiger partial charge in [0.15, 0.2) is 0 Å². The van der Waals surface area contributed by atoms with Crippen LogP contribution < -0.4 is 27.0 Å². The van der Waals surface area contributed by atoms with Gasteiger partial charge in [-0.25, -0.2) is 4.79 Å². The molecule has 0 aliphatic carbocycles. The Hall–Kier alpha value is -6.22. The average molecular weight is 824 g/mol. The van der Waals surface area contributed by atoms with Crippen LogP contribution in [0.5, 0.6) is 5.75 Å². The number of aliphatic carboxylic acids is 1. The Balaban J connectivity index is 1.38. The Morgan fingerprint density at radius 2 is 1.53 bits per heavy atom. The Kier molecular flexibility index (Phi) is 15.4. The Labute approximate surface area is 349 Å². The summed E-state index contributed by atoms with van der Waals surface area (Å²) in [6.45, 7) is 6.99. The summed E-state index contributed by atoms with van der Waals surface area (Å²) < 4.78 is 0. The molecule has 1 aromatic heterocycles. The summed E-state index contributed by atoms with van der Waals surface area (Å²) in [5.74, 6) is -5.02. The maximum Gasteiger partial charge on any atom is 0.326 e. The average Bonchev–Trinajstić information content (AvgIpc) is 3.51. The maximum atomic E-state index is 14.4. The van der Waals surface area contributed by atoms with Crippen LogP contribution in [0.1, 0.15) is 62.9 Å². The summed E-state index contributed by atoms with van der Waals surface area (Å²) >= 11 is 0. The fourth-order valence-electron chi connectivity index (χ4n) is 7.53. The first kappa shape index (κ1) is 44.9. The summed E-state index contributed by atoms with van der Waals surface area (Å²) in [5, 5.41) is 31.7. The molecular formula is C45H57N7O8. The zero-order chi connectivity index (χ0) is 43.5. The number of para-hydroxylation sites is 1. The molecule has 1 aliphatic rings. The number of hydrogen-bond acceptors (Lipinski definition) is 8. The molecule has 0 radical (unpaired) electrons. The van der Waals surface area contributed by atoms with Gasteiger partial charge in [0.1, 0.15) is 36.5 Å². The van der Waals surface area contributed by atoms with Gasteiger partial charge in [0.2, 0.25) is 29.5 Å². The van der Waals surface area contributed by atoms with Crippen LogP contribution in [0.3, 0.4) is 0 Å². The van der Waals surface area contributed by atoms with Gasteiger partial charge in [0, 0.05) is 36.0 Å². The number of phenolic OH excluding ortho intramolecular Hbond substituents is 1. The van der Waals surface area contributed by atoms with Gasteiger partial charge in [-0.05, 0) is 59.6 Å². The third-order valence-electron chi connectivity index (χ3n) is 11.3. The van der Waals surface area contributed by atoms with Gasteiger partial charge in [-0.1, -0.05) is 94.8 Å². The van der Waals surface area contributed by atoms with Crippen molar-refractivity contribution in [3.63, 3.8) is 0 Å². The van der Waals surface area contributed by atoms with Gasteiger partial charge in [-0.3, -0.25) is 24.0 Å². The van der Waals surface area contributed by atoms with E-state index in [1.165, 1.54) is 17.0 Å². The van der Waals surface area contributed by atoms with Crippen molar-refractivity contribution in [3.05, 3.63) is 101 Å². The lowest BCUT2D eigenvalue weighted by molar-refractivity contribution is -0.143. The van der Waals surface area contributed by atoms with Gasteiger partial charge in [0.05, 0.1) is 12.5 Å². The van der Waals surface area contributed by atoms with E-state index in [2.05, 4.69) is 26.3 Å². The first-order valence-corrected chi connectivity index (χ1v) is 20.5. The molecule has 15 heteroatoms. The normalized spacial score (nSPS) is 16.5. The van der Waals surface area contributed by atoms with Crippen molar-refractivity contribution in [2.45, 2.75) is 90.5 Å². The number of benzene rings is 3. The van der Waals surface area contributed by atoms with Gasteiger partial charge in [-0.2, -0.15) is 0 Å². The molecule has 320 valence electrons. The summed E-state index contributed by atoms with van der Waals surface area (Å²) in [6, 6.07) is 18.4. The molecule has 0 fully saturated rings. The van der Waals surface area contributed by atoms with Gasteiger partial charge >= 0.3 is 5.97 Å². The predicted molar refractivity (Wildman–Crippen MR) is 226 cm³/mol. The van der Waals surface area contributed by atoms with E-state index in [1.807, 2.05) is 45.0 Å². The molecule has 0 spiro atoms.